The minimum atomic E-state index is -1.44. The fraction of sp³-hybridized carbons (Fsp3) is 0.250. The predicted molar refractivity (Wildman–Crippen MR) is 82.1 cm³/mol. The third-order valence-corrected chi connectivity index (χ3v) is 1.88. The molecule has 0 atom stereocenters. The van der Waals surface area contributed by atoms with E-state index in [4.69, 9.17) is 30.0 Å². The van der Waals surface area contributed by atoms with Crippen molar-refractivity contribution in [3.05, 3.63) is 60.2 Å². The van der Waals surface area contributed by atoms with Crippen LogP contribution in [-0.4, -0.2) is 45.3 Å². The molecular weight excluding hydrogens is 511 g/mol. The second kappa shape index (κ2) is 19.9. The topological polar surface area (TPSA) is 146 Å². The zero-order valence-corrected chi connectivity index (χ0v) is 16.0. The molecular formula is C16H20N2O6Pt. The molecule has 2 aromatic heterocycles. The van der Waals surface area contributed by atoms with Crippen LogP contribution in [0.25, 0.3) is 0 Å². The number of aliphatic hydroxyl groups excluding tert-OH is 2. The van der Waals surface area contributed by atoms with Crippen LogP contribution in [0.4, 0.5) is 0 Å². The van der Waals surface area contributed by atoms with Crippen molar-refractivity contribution in [3.63, 3.8) is 0 Å². The minimum absolute atomic E-state index is 0. The van der Waals surface area contributed by atoms with E-state index >= 15 is 0 Å². The molecule has 9 heteroatoms. The number of carbonyl (C=O) groups excluding carboxylic acids is 2. The average molecular weight is 531 g/mol. The molecule has 0 aliphatic heterocycles. The number of pyridine rings is 2. The Bertz CT molecular complexity index is 504. The molecule has 140 valence electrons. The van der Waals surface area contributed by atoms with Gasteiger partial charge in [0.15, 0.2) is 0 Å². The summed E-state index contributed by atoms with van der Waals surface area (Å²) >= 11 is 0. The Morgan fingerprint density at radius 3 is 1.24 bits per heavy atom. The van der Waals surface area contributed by atoms with Crippen LogP contribution in [0.3, 0.4) is 0 Å². The summed E-state index contributed by atoms with van der Waals surface area (Å²) in [6.07, 6.45) is 7.21. The number of hydrogen-bond donors (Lipinski definition) is 2. The molecule has 0 spiro atoms. The van der Waals surface area contributed by atoms with Crippen molar-refractivity contribution in [2.75, 3.05) is 13.2 Å². The number of aliphatic carboxylic acids is 2. The Morgan fingerprint density at radius 1 is 0.880 bits per heavy atom. The maximum atomic E-state index is 9.01. The zero-order valence-electron chi connectivity index (χ0n) is 13.8. The number of carboxylic acids is 2. The van der Waals surface area contributed by atoms with Crippen molar-refractivity contribution in [1.29, 1.82) is 0 Å². The summed E-state index contributed by atoms with van der Waals surface area (Å²) in [5.74, 6) is -2.88. The standard InChI is InChI=1S/2C6H7N.2C2H4O3.Pt/c2*1-6-3-2-4-7-5-6;2*3-1-2(4)5;/h2*2-5H,1H3;2*3H,1H2,(H,4,5);/q;;;;+2/p-2. The first-order valence-electron chi connectivity index (χ1n) is 6.68. The van der Waals surface area contributed by atoms with Crippen LogP contribution in [0.2, 0.25) is 0 Å². The van der Waals surface area contributed by atoms with Crippen molar-refractivity contribution < 1.29 is 51.1 Å². The first-order valence-corrected chi connectivity index (χ1v) is 6.68. The molecule has 2 aromatic rings. The van der Waals surface area contributed by atoms with E-state index in [9.17, 15) is 0 Å². The van der Waals surface area contributed by atoms with Crippen LogP contribution >= 0.6 is 0 Å². The quantitative estimate of drug-likeness (QED) is 0.463. The molecule has 0 saturated carbocycles. The second-order valence-electron chi connectivity index (χ2n) is 4.12. The molecule has 0 amide bonds. The van der Waals surface area contributed by atoms with Gasteiger partial charge in [-0.25, -0.2) is 0 Å². The Kier molecular flexibility index (Phi) is 22.0. The van der Waals surface area contributed by atoms with E-state index in [1.54, 1.807) is 12.4 Å². The summed E-state index contributed by atoms with van der Waals surface area (Å²) in [6.45, 7) is 2.26. The largest absolute Gasteiger partial charge is 2.00 e. The van der Waals surface area contributed by atoms with Gasteiger partial charge in [-0.1, -0.05) is 12.1 Å². The van der Waals surface area contributed by atoms with Crippen LogP contribution in [0.1, 0.15) is 11.1 Å². The molecule has 0 radical (unpaired) electrons. The molecule has 25 heavy (non-hydrogen) atoms. The summed E-state index contributed by atoms with van der Waals surface area (Å²) in [4.78, 5) is 25.8. The molecule has 0 aromatic carbocycles. The molecule has 8 nitrogen and oxygen atoms in total. The van der Waals surface area contributed by atoms with E-state index in [1.165, 1.54) is 11.1 Å². The van der Waals surface area contributed by atoms with Crippen LogP contribution < -0.4 is 10.2 Å². The third kappa shape index (κ3) is 27.0. The molecule has 0 aliphatic rings. The van der Waals surface area contributed by atoms with Gasteiger partial charge in [-0.15, -0.1) is 0 Å². The maximum Gasteiger partial charge on any atom is 2.00 e. The van der Waals surface area contributed by atoms with Crippen LogP contribution in [0.15, 0.2) is 49.1 Å². The van der Waals surface area contributed by atoms with Gasteiger partial charge in [-0.05, 0) is 37.1 Å². The van der Waals surface area contributed by atoms with E-state index in [0.717, 1.165) is 0 Å². The van der Waals surface area contributed by atoms with Gasteiger partial charge in [0.2, 0.25) is 0 Å². The normalized spacial score (nSPS) is 7.84. The van der Waals surface area contributed by atoms with Gasteiger partial charge >= 0.3 is 21.1 Å². The predicted octanol–water partition coefficient (Wildman–Crippen LogP) is -1.77. The van der Waals surface area contributed by atoms with Crippen LogP contribution in [0, 0.1) is 13.8 Å². The smallest absolute Gasteiger partial charge is 0.548 e. The molecule has 2 heterocycles. The van der Waals surface area contributed by atoms with Crippen molar-refractivity contribution in [2.24, 2.45) is 0 Å². The molecule has 0 fully saturated rings. The molecule has 0 saturated heterocycles. The molecule has 0 bridgehead atoms. The summed E-state index contributed by atoms with van der Waals surface area (Å²) in [6, 6.07) is 7.89. The number of aliphatic hydroxyl groups is 2. The molecule has 0 unspecified atom stereocenters. The number of hydrogen-bond acceptors (Lipinski definition) is 8. The number of nitrogens with zero attached hydrogens (tertiary/aromatic N) is 2. The second-order valence-corrected chi connectivity index (χ2v) is 4.12. The Morgan fingerprint density at radius 2 is 1.16 bits per heavy atom. The number of aryl methyl sites for hydroxylation is 2. The number of carbonyl (C=O) groups is 2. The first kappa shape index (κ1) is 27.7. The maximum absolute atomic E-state index is 9.01. The summed E-state index contributed by atoms with van der Waals surface area (Å²) in [7, 11) is 0. The van der Waals surface area contributed by atoms with Gasteiger partial charge in [-0.2, -0.15) is 0 Å². The molecule has 0 aliphatic carbocycles. The number of aromatic nitrogens is 2. The fourth-order valence-corrected chi connectivity index (χ4v) is 0.896. The van der Waals surface area contributed by atoms with E-state index in [1.807, 2.05) is 50.5 Å². The van der Waals surface area contributed by atoms with Gasteiger partial charge in [0.05, 0.1) is 25.2 Å². The molecule has 2 N–H and O–H groups in total. The fourth-order valence-electron chi connectivity index (χ4n) is 0.896. The summed E-state index contributed by atoms with van der Waals surface area (Å²) in [5.41, 5.74) is 2.42. The molecule has 2 rings (SSSR count). The zero-order chi connectivity index (χ0) is 18.8. The van der Waals surface area contributed by atoms with Gasteiger partial charge in [0, 0.05) is 24.8 Å². The van der Waals surface area contributed by atoms with Crippen molar-refractivity contribution in [1.82, 2.24) is 9.97 Å². The van der Waals surface area contributed by atoms with Gasteiger partial charge < -0.3 is 30.0 Å². The number of carboxylic acid groups (broad SMARTS) is 2. The Balaban J connectivity index is -0.000000259. The van der Waals surface area contributed by atoms with Gasteiger partial charge in [0.25, 0.3) is 0 Å². The minimum Gasteiger partial charge on any atom is -0.548 e. The summed E-state index contributed by atoms with van der Waals surface area (Å²) in [5, 5.41) is 33.0. The van der Waals surface area contributed by atoms with Crippen LogP contribution in [0.5, 0.6) is 0 Å². The summed E-state index contributed by atoms with van der Waals surface area (Å²) < 4.78 is 0. The van der Waals surface area contributed by atoms with E-state index in [-0.39, 0.29) is 21.1 Å². The number of rotatable bonds is 2. The van der Waals surface area contributed by atoms with E-state index in [0.29, 0.717) is 0 Å². The van der Waals surface area contributed by atoms with Gasteiger partial charge in [0.1, 0.15) is 0 Å². The monoisotopic (exact) mass is 531 g/mol. The average Bonchev–Trinajstić information content (AvgIpc) is 2.58. The van der Waals surface area contributed by atoms with Crippen LogP contribution in [-0.2, 0) is 30.7 Å². The van der Waals surface area contributed by atoms with Crippen molar-refractivity contribution in [2.45, 2.75) is 13.8 Å². The third-order valence-electron chi connectivity index (χ3n) is 1.88. The van der Waals surface area contributed by atoms with Crippen molar-refractivity contribution in [3.8, 4) is 0 Å². The van der Waals surface area contributed by atoms with E-state index < -0.39 is 25.2 Å². The Hall–Kier alpha value is -2.15. The van der Waals surface area contributed by atoms with Crippen molar-refractivity contribution >= 4 is 11.9 Å². The van der Waals surface area contributed by atoms with E-state index in [2.05, 4.69) is 9.97 Å². The Labute approximate surface area is 160 Å². The van der Waals surface area contributed by atoms with Gasteiger partial charge in [-0.3, -0.25) is 9.97 Å². The SMILES string of the molecule is Cc1cccnc1.Cc1cccnc1.O=C([O-])CO.O=C([O-])CO.[Pt+2]. The first-order chi connectivity index (χ1) is 11.3.